The third-order valence-electron chi connectivity index (χ3n) is 6.55. The van der Waals surface area contributed by atoms with Crippen LogP contribution in [0.25, 0.3) is 0 Å². The molecule has 0 aromatic heterocycles. The number of unbranched alkanes of at least 4 members (excludes halogenated alkanes) is 9. The minimum absolute atomic E-state index is 0.491. The van der Waals surface area contributed by atoms with Crippen LogP contribution in [0.5, 0.6) is 0 Å². The molecule has 0 fully saturated rings. The summed E-state index contributed by atoms with van der Waals surface area (Å²) < 4.78 is 0. The van der Waals surface area contributed by atoms with Crippen molar-refractivity contribution in [1.29, 1.82) is 0 Å². The molecule has 0 spiro atoms. The van der Waals surface area contributed by atoms with Crippen LogP contribution in [0.3, 0.4) is 0 Å². The zero-order valence-corrected chi connectivity index (χ0v) is 23.5. The van der Waals surface area contributed by atoms with Crippen LogP contribution in [-0.4, -0.2) is 31.3 Å². The van der Waals surface area contributed by atoms with E-state index in [1.165, 1.54) is 89.9 Å². The molecule has 0 N–H and O–H groups in total. The maximum absolute atomic E-state index is 12.5. The van der Waals surface area contributed by atoms with E-state index in [0.29, 0.717) is 11.7 Å². The number of rotatable bonds is 25. The molecule has 2 heteroatoms. The molecule has 0 amide bonds. The van der Waals surface area contributed by atoms with Crippen molar-refractivity contribution >= 4 is 5.78 Å². The first-order valence-corrected chi connectivity index (χ1v) is 14.7. The summed E-state index contributed by atoms with van der Waals surface area (Å²) >= 11 is 0. The highest BCUT2D eigenvalue weighted by atomic mass is 16.1. The number of carbonyl (C=O) groups is 1. The van der Waals surface area contributed by atoms with Crippen LogP contribution < -0.4 is 0 Å². The average Bonchev–Trinajstić information content (AvgIpc) is 2.81. The summed E-state index contributed by atoms with van der Waals surface area (Å²) in [5, 5.41) is 0. The van der Waals surface area contributed by atoms with Crippen LogP contribution in [-0.2, 0) is 4.79 Å². The molecule has 0 bridgehead atoms. The van der Waals surface area contributed by atoms with Crippen LogP contribution in [0.1, 0.15) is 136 Å². The van der Waals surface area contributed by atoms with Crippen molar-refractivity contribution in [2.75, 3.05) is 20.6 Å². The lowest BCUT2D eigenvalue weighted by Crippen LogP contribution is -2.15. The Morgan fingerprint density at radius 3 is 1.71 bits per heavy atom. The van der Waals surface area contributed by atoms with E-state index in [-0.39, 0.29) is 0 Å². The maximum atomic E-state index is 12.5. The van der Waals surface area contributed by atoms with E-state index in [1.807, 2.05) is 0 Å². The minimum atomic E-state index is 0.491. The smallest absolute Gasteiger partial charge is 0.133 e. The van der Waals surface area contributed by atoms with E-state index in [1.54, 1.807) is 0 Å². The second-order valence-corrected chi connectivity index (χ2v) is 10.4. The molecule has 198 valence electrons. The highest BCUT2D eigenvalue weighted by molar-refractivity contribution is 5.78. The number of allylic oxidation sites excluding steroid dienone is 6. The van der Waals surface area contributed by atoms with Gasteiger partial charge in [0.15, 0.2) is 0 Å². The summed E-state index contributed by atoms with van der Waals surface area (Å²) in [6.45, 7) is 5.54. The quantitative estimate of drug-likeness (QED) is 0.0971. The second-order valence-electron chi connectivity index (χ2n) is 10.4. The van der Waals surface area contributed by atoms with Gasteiger partial charge in [-0.2, -0.15) is 0 Å². The monoisotopic (exact) mass is 473 g/mol. The molecular weight excluding hydrogens is 414 g/mol. The number of nitrogens with zero attached hydrogens (tertiary/aromatic N) is 1. The second kappa shape index (κ2) is 26.5. The zero-order chi connectivity index (χ0) is 25.1. The van der Waals surface area contributed by atoms with Crippen molar-refractivity contribution < 1.29 is 4.79 Å². The van der Waals surface area contributed by atoms with Crippen LogP contribution in [0.2, 0.25) is 0 Å². The molecule has 0 aromatic carbocycles. The fourth-order valence-corrected chi connectivity index (χ4v) is 4.39. The predicted molar refractivity (Wildman–Crippen MR) is 154 cm³/mol. The first-order valence-electron chi connectivity index (χ1n) is 14.7. The fourth-order valence-electron chi connectivity index (χ4n) is 4.39. The number of carbonyl (C=O) groups excluding carboxylic acids is 1. The Hall–Kier alpha value is -1.15. The van der Waals surface area contributed by atoms with Crippen LogP contribution in [0.4, 0.5) is 0 Å². The van der Waals surface area contributed by atoms with Gasteiger partial charge in [0.1, 0.15) is 5.78 Å². The maximum Gasteiger partial charge on any atom is 0.133 e. The highest BCUT2D eigenvalue weighted by Crippen LogP contribution is 2.23. The van der Waals surface area contributed by atoms with Gasteiger partial charge in [0.05, 0.1) is 0 Å². The van der Waals surface area contributed by atoms with Crippen LogP contribution in [0.15, 0.2) is 36.5 Å². The lowest BCUT2D eigenvalue weighted by molar-refractivity contribution is -0.120. The van der Waals surface area contributed by atoms with Crippen molar-refractivity contribution in [1.82, 2.24) is 4.90 Å². The van der Waals surface area contributed by atoms with E-state index in [0.717, 1.165) is 38.6 Å². The predicted octanol–water partition coefficient (Wildman–Crippen LogP) is 9.85. The largest absolute Gasteiger partial charge is 0.309 e. The summed E-state index contributed by atoms with van der Waals surface area (Å²) in [7, 11) is 4.17. The SMILES string of the molecule is CCCCC/C=C\C/C=C\C/C=C\CCCCCC(CCCCCC)CC(=O)CCCN(C)C. The van der Waals surface area contributed by atoms with Gasteiger partial charge in [-0.1, -0.05) is 115 Å². The Morgan fingerprint density at radius 1 is 0.647 bits per heavy atom. The average molecular weight is 474 g/mol. The van der Waals surface area contributed by atoms with Gasteiger partial charge in [0.25, 0.3) is 0 Å². The molecular formula is C32H59NO. The topological polar surface area (TPSA) is 20.3 Å². The zero-order valence-electron chi connectivity index (χ0n) is 23.5. The highest BCUT2D eigenvalue weighted by Gasteiger charge is 2.13. The van der Waals surface area contributed by atoms with Gasteiger partial charge in [0.2, 0.25) is 0 Å². The number of Topliss-reactive ketones (excluding diaryl/α,β-unsaturated/α-hetero) is 1. The van der Waals surface area contributed by atoms with Gasteiger partial charge >= 0.3 is 0 Å². The van der Waals surface area contributed by atoms with Gasteiger partial charge in [-0.25, -0.2) is 0 Å². The van der Waals surface area contributed by atoms with Crippen molar-refractivity contribution in [2.45, 2.75) is 136 Å². The van der Waals surface area contributed by atoms with Crippen molar-refractivity contribution in [3.8, 4) is 0 Å². The summed E-state index contributed by atoms with van der Waals surface area (Å²) in [4.78, 5) is 14.6. The summed E-state index contributed by atoms with van der Waals surface area (Å²) in [5.74, 6) is 1.11. The molecule has 1 unspecified atom stereocenters. The third kappa shape index (κ3) is 25.5. The van der Waals surface area contributed by atoms with E-state index >= 15 is 0 Å². The molecule has 34 heavy (non-hydrogen) atoms. The molecule has 0 saturated heterocycles. The summed E-state index contributed by atoms with van der Waals surface area (Å²) in [6, 6.07) is 0. The number of ketones is 1. The number of hydrogen-bond donors (Lipinski definition) is 0. The minimum Gasteiger partial charge on any atom is -0.309 e. The van der Waals surface area contributed by atoms with Gasteiger partial charge in [0, 0.05) is 12.8 Å². The van der Waals surface area contributed by atoms with Gasteiger partial charge in [-0.05, 0) is 71.5 Å². The van der Waals surface area contributed by atoms with E-state index in [2.05, 4.69) is 69.3 Å². The Balaban J connectivity index is 3.93. The number of hydrogen-bond acceptors (Lipinski definition) is 2. The van der Waals surface area contributed by atoms with E-state index in [9.17, 15) is 4.79 Å². The molecule has 0 aliphatic heterocycles. The van der Waals surface area contributed by atoms with Crippen molar-refractivity contribution in [3.05, 3.63) is 36.5 Å². The molecule has 2 nitrogen and oxygen atoms in total. The molecule has 0 aliphatic rings. The molecule has 0 heterocycles. The standard InChI is InChI=1S/C32H59NO/c1-5-7-9-11-12-13-14-15-16-17-18-19-20-21-22-24-27-31(26-23-10-8-6-2)30-32(34)28-25-29-33(3)4/h12-13,15-16,18-19,31H,5-11,14,17,20-30H2,1-4H3/b13-12-,16-15-,19-18-. The molecule has 0 aliphatic carbocycles. The Labute approximate surface area is 214 Å². The summed E-state index contributed by atoms with van der Waals surface area (Å²) in [6.07, 6.45) is 36.5. The molecule has 0 radical (unpaired) electrons. The van der Waals surface area contributed by atoms with Crippen LogP contribution in [0, 0.1) is 5.92 Å². The normalized spacial score (nSPS) is 13.2. The first-order chi connectivity index (χ1) is 16.6. The fraction of sp³-hybridized carbons (Fsp3) is 0.781. The van der Waals surface area contributed by atoms with Crippen LogP contribution >= 0.6 is 0 Å². The van der Waals surface area contributed by atoms with E-state index in [4.69, 9.17) is 0 Å². The third-order valence-corrected chi connectivity index (χ3v) is 6.55. The Kier molecular flexibility index (Phi) is 25.6. The first kappa shape index (κ1) is 32.8. The van der Waals surface area contributed by atoms with Crippen molar-refractivity contribution in [3.63, 3.8) is 0 Å². The van der Waals surface area contributed by atoms with Gasteiger partial charge in [-0.3, -0.25) is 4.79 Å². The van der Waals surface area contributed by atoms with Crippen molar-refractivity contribution in [2.24, 2.45) is 5.92 Å². The van der Waals surface area contributed by atoms with E-state index < -0.39 is 0 Å². The Bertz CT molecular complexity index is 517. The lowest BCUT2D eigenvalue weighted by atomic mass is 9.89. The molecule has 0 aromatic rings. The molecule has 0 rings (SSSR count). The molecule has 1 atom stereocenters. The lowest BCUT2D eigenvalue weighted by Gasteiger charge is -2.16. The Morgan fingerprint density at radius 2 is 1.15 bits per heavy atom. The molecule has 0 saturated carbocycles. The van der Waals surface area contributed by atoms with Gasteiger partial charge < -0.3 is 4.90 Å². The summed E-state index contributed by atoms with van der Waals surface area (Å²) in [5.41, 5.74) is 0. The van der Waals surface area contributed by atoms with Gasteiger partial charge in [-0.15, -0.1) is 0 Å².